The fourth-order valence-corrected chi connectivity index (χ4v) is 4.44. The average molecular weight is 551 g/mol. The van der Waals surface area contributed by atoms with Gasteiger partial charge < -0.3 is 24.8 Å². The van der Waals surface area contributed by atoms with Crippen molar-refractivity contribution in [3.8, 4) is 23.3 Å². The number of rotatable bonds is 14. The molecule has 0 bridgehead atoms. The van der Waals surface area contributed by atoms with Gasteiger partial charge in [-0.1, -0.05) is 48.7 Å². The number of hydrogen-bond acceptors (Lipinski definition) is 6. The van der Waals surface area contributed by atoms with Crippen LogP contribution in [0.3, 0.4) is 0 Å². The van der Waals surface area contributed by atoms with E-state index >= 15 is 0 Å². The molecule has 0 aliphatic rings. The highest BCUT2D eigenvalue weighted by molar-refractivity contribution is 6.42. The van der Waals surface area contributed by atoms with Crippen LogP contribution < -0.4 is 9.47 Å². The van der Waals surface area contributed by atoms with Gasteiger partial charge in [0.05, 0.1) is 30.1 Å². The highest BCUT2D eigenvalue weighted by Gasteiger charge is 2.24. The van der Waals surface area contributed by atoms with Crippen LogP contribution in [0.2, 0.25) is 10.0 Å². The summed E-state index contributed by atoms with van der Waals surface area (Å²) in [6.45, 7) is 3.72. The maximum Gasteiger partial charge on any atom is 0.305 e. The molecular formula is C27H32Cl2N2O6. The molecule has 37 heavy (non-hydrogen) atoms. The molecule has 8 nitrogen and oxygen atoms in total. The molecule has 3 N–H and O–H groups in total. The van der Waals surface area contributed by atoms with Gasteiger partial charge >= 0.3 is 5.97 Å². The summed E-state index contributed by atoms with van der Waals surface area (Å²) in [6.07, 6.45) is 1.77. The molecule has 0 radical (unpaired) electrons. The van der Waals surface area contributed by atoms with Gasteiger partial charge in [0, 0.05) is 24.7 Å². The van der Waals surface area contributed by atoms with Crippen molar-refractivity contribution in [1.82, 2.24) is 9.47 Å². The van der Waals surface area contributed by atoms with Gasteiger partial charge in [-0.3, -0.25) is 14.3 Å². The van der Waals surface area contributed by atoms with Crippen molar-refractivity contribution in [1.29, 1.82) is 0 Å². The molecule has 1 atom stereocenters. The highest BCUT2D eigenvalue weighted by Crippen LogP contribution is 2.34. The molecule has 2 aromatic carbocycles. The number of unbranched alkanes of at least 4 members (excludes halogenated alkanes) is 1. The normalized spacial score (nSPS) is 12.0. The third-order valence-corrected chi connectivity index (χ3v) is 6.80. The zero-order valence-electron chi connectivity index (χ0n) is 20.9. The minimum Gasteiger partial charge on any atom is -0.494 e. The Morgan fingerprint density at radius 1 is 1.03 bits per heavy atom. The lowest BCUT2D eigenvalue weighted by Gasteiger charge is -2.32. The maximum atomic E-state index is 11.8. The van der Waals surface area contributed by atoms with Crippen molar-refractivity contribution in [3.63, 3.8) is 0 Å². The van der Waals surface area contributed by atoms with E-state index in [0.29, 0.717) is 34.6 Å². The molecule has 200 valence electrons. The first kappa shape index (κ1) is 28.5. The summed E-state index contributed by atoms with van der Waals surface area (Å²) in [6, 6.07) is 13.2. The zero-order chi connectivity index (χ0) is 26.9. The summed E-state index contributed by atoms with van der Waals surface area (Å²) in [5, 5.41) is 30.0. The first-order valence-electron chi connectivity index (χ1n) is 12.0. The van der Waals surface area contributed by atoms with Gasteiger partial charge in [-0.25, -0.2) is 0 Å². The van der Waals surface area contributed by atoms with Crippen molar-refractivity contribution >= 4 is 29.2 Å². The fraction of sp³-hybridized carbons (Fsp3) is 0.370. The van der Waals surface area contributed by atoms with Crippen LogP contribution in [-0.4, -0.2) is 51.0 Å². The average Bonchev–Trinajstić information content (AvgIpc) is 3.19. The number of aliphatic carboxylic acids is 1. The van der Waals surface area contributed by atoms with Crippen LogP contribution in [0.15, 0.2) is 48.5 Å². The number of nitrogens with zero attached hydrogens (tertiary/aromatic N) is 2. The van der Waals surface area contributed by atoms with Gasteiger partial charge in [0.25, 0.3) is 0 Å². The number of methoxy groups -OCH3 is 1. The third-order valence-electron chi connectivity index (χ3n) is 6.06. The molecule has 3 rings (SSSR count). The van der Waals surface area contributed by atoms with E-state index in [0.717, 1.165) is 24.0 Å². The second kappa shape index (κ2) is 13.5. The number of aromatic nitrogens is 1. The van der Waals surface area contributed by atoms with Gasteiger partial charge in [-0.05, 0) is 48.4 Å². The Bertz CT molecular complexity index is 1180. The molecule has 0 saturated heterocycles. The van der Waals surface area contributed by atoms with Crippen LogP contribution in [0, 0.1) is 0 Å². The molecule has 0 fully saturated rings. The molecule has 3 aromatic rings. The first-order valence-corrected chi connectivity index (χ1v) is 12.8. The third kappa shape index (κ3) is 7.71. The summed E-state index contributed by atoms with van der Waals surface area (Å²) in [5.74, 6) is 0.0443. The quantitative estimate of drug-likeness (QED) is 0.222. The van der Waals surface area contributed by atoms with Crippen molar-refractivity contribution < 1.29 is 29.6 Å². The lowest BCUT2D eigenvalue weighted by atomic mass is 10.0. The first-order chi connectivity index (χ1) is 17.7. The molecule has 0 aliphatic heterocycles. The van der Waals surface area contributed by atoms with Gasteiger partial charge in [0.1, 0.15) is 6.61 Å². The largest absolute Gasteiger partial charge is 0.494 e. The summed E-state index contributed by atoms with van der Waals surface area (Å²) >= 11 is 12.4. The van der Waals surface area contributed by atoms with Crippen LogP contribution >= 0.6 is 23.2 Å². The Labute approximate surface area is 226 Å². The molecule has 1 heterocycles. The van der Waals surface area contributed by atoms with Crippen molar-refractivity contribution in [2.24, 2.45) is 0 Å². The molecule has 0 spiro atoms. The molecule has 0 amide bonds. The fourth-order valence-electron chi connectivity index (χ4n) is 4.14. The van der Waals surface area contributed by atoms with E-state index in [1.54, 1.807) is 25.3 Å². The van der Waals surface area contributed by atoms with E-state index in [2.05, 4.69) is 11.8 Å². The predicted octanol–water partition coefficient (Wildman–Crippen LogP) is 6.11. The van der Waals surface area contributed by atoms with E-state index in [1.165, 1.54) is 16.7 Å². The van der Waals surface area contributed by atoms with Gasteiger partial charge in [0.2, 0.25) is 0 Å². The number of aromatic hydroxyl groups is 2. The monoisotopic (exact) mass is 550 g/mol. The molecule has 1 unspecified atom stereocenters. The molecule has 1 aromatic heterocycles. The molecular weight excluding hydrogens is 519 g/mol. The standard InChI is InChI=1S/C27H32Cl2N2O6/c1-3-4-11-30(22(16-27(34)35)19-6-7-20(28)21(29)15-19)17-18-5-8-23(24(14-18)36-2)37-13-12-31-25(32)9-10-26(31)33/h5-10,14-15,22,32-33H,3-4,11-13,16-17H2,1-2H3,(H,34,35). The smallest absolute Gasteiger partial charge is 0.305 e. The van der Waals surface area contributed by atoms with Gasteiger partial charge in [-0.2, -0.15) is 0 Å². The lowest BCUT2D eigenvalue weighted by molar-refractivity contribution is -0.138. The zero-order valence-corrected chi connectivity index (χ0v) is 22.4. The Kier molecular flexibility index (Phi) is 10.4. The number of hydrogen-bond donors (Lipinski definition) is 3. The topological polar surface area (TPSA) is 104 Å². The molecule has 0 saturated carbocycles. The number of carbonyl (C=O) groups is 1. The van der Waals surface area contributed by atoms with Gasteiger partial charge in [0.15, 0.2) is 23.3 Å². The van der Waals surface area contributed by atoms with E-state index in [-0.39, 0.29) is 31.3 Å². The van der Waals surface area contributed by atoms with E-state index in [4.69, 9.17) is 32.7 Å². The summed E-state index contributed by atoms with van der Waals surface area (Å²) in [5.41, 5.74) is 1.72. The van der Waals surface area contributed by atoms with Crippen molar-refractivity contribution in [2.45, 2.75) is 45.3 Å². The SMILES string of the molecule is CCCCN(Cc1ccc(OCCn2c(O)ccc2O)c(OC)c1)C(CC(=O)O)c1ccc(Cl)c(Cl)c1. The van der Waals surface area contributed by atoms with Crippen LogP contribution in [-0.2, 0) is 17.9 Å². The van der Waals surface area contributed by atoms with Crippen LogP contribution in [0.5, 0.6) is 23.3 Å². The Morgan fingerprint density at radius 2 is 1.76 bits per heavy atom. The Balaban J connectivity index is 1.80. The predicted molar refractivity (Wildman–Crippen MR) is 143 cm³/mol. The van der Waals surface area contributed by atoms with Crippen LogP contribution in [0.25, 0.3) is 0 Å². The highest BCUT2D eigenvalue weighted by atomic mass is 35.5. The van der Waals surface area contributed by atoms with Gasteiger partial charge in [-0.15, -0.1) is 0 Å². The van der Waals surface area contributed by atoms with Crippen LogP contribution in [0.1, 0.15) is 43.4 Å². The number of halogens is 2. The maximum absolute atomic E-state index is 11.8. The molecule has 0 aliphatic carbocycles. The lowest BCUT2D eigenvalue weighted by Crippen LogP contribution is -2.31. The van der Waals surface area contributed by atoms with E-state index in [1.807, 2.05) is 18.2 Å². The number of ether oxygens (including phenoxy) is 2. The van der Waals surface area contributed by atoms with E-state index in [9.17, 15) is 20.1 Å². The van der Waals surface area contributed by atoms with Crippen molar-refractivity contribution in [3.05, 3.63) is 69.7 Å². The number of carboxylic acid groups (broad SMARTS) is 1. The van der Waals surface area contributed by atoms with Crippen LogP contribution in [0.4, 0.5) is 0 Å². The number of benzene rings is 2. The minimum absolute atomic E-state index is 0.0477. The summed E-state index contributed by atoms with van der Waals surface area (Å²) < 4.78 is 12.7. The summed E-state index contributed by atoms with van der Waals surface area (Å²) in [7, 11) is 1.55. The van der Waals surface area contributed by atoms with E-state index < -0.39 is 12.0 Å². The second-order valence-corrected chi connectivity index (χ2v) is 9.46. The number of carboxylic acids is 1. The van der Waals surface area contributed by atoms with Crippen molar-refractivity contribution in [2.75, 3.05) is 20.3 Å². The minimum atomic E-state index is -0.904. The second-order valence-electron chi connectivity index (χ2n) is 8.65. The summed E-state index contributed by atoms with van der Waals surface area (Å²) in [4.78, 5) is 13.9. The molecule has 10 heteroatoms. The Hall–Kier alpha value is -3.07. The Morgan fingerprint density at radius 3 is 2.38 bits per heavy atom.